The Morgan fingerprint density at radius 1 is 1.07 bits per heavy atom. The van der Waals surface area contributed by atoms with Crippen molar-refractivity contribution in [3.8, 4) is 17.0 Å². The first-order valence-corrected chi connectivity index (χ1v) is 10.2. The first kappa shape index (κ1) is 19.1. The zero-order valence-electron chi connectivity index (χ0n) is 16.6. The predicted octanol–water partition coefficient (Wildman–Crippen LogP) is 4.47. The van der Waals surface area contributed by atoms with Gasteiger partial charge in [0.1, 0.15) is 5.75 Å². The Labute approximate surface area is 170 Å². The highest BCUT2D eigenvalue weighted by atomic mass is 16.3. The number of phenols is 1. The molecule has 4 rings (SSSR count). The summed E-state index contributed by atoms with van der Waals surface area (Å²) in [6, 6.07) is 15.4. The van der Waals surface area contributed by atoms with E-state index in [0.29, 0.717) is 18.7 Å². The summed E-state index contributed by atoms with van der Waals surface area (Å²) in [6.07, 6.45) is 4.34. The number of hydrogen-bond donors (Lipinski definition) is 2. The predicted molar refractivity (Wildman–Crippen MR) is 114 cm³/mol. The van der Waals surface area contributed by atoms with Crippen LogP contribution in [0.4, 0.5) is 5.82 Å². The number of amides is 1. The second kappa shape index (κ2) is 8.43. The number of nitrogens with one attached hydrogen (secondary N) is 1. The van der Waals surface area contributed by atoms with Gasteiger partial charge in [-0.2, -0.15) is 0 Å². The van der Waals surface area contributed by atoms with E-state index >= 15 is 0 Å². The minimum absolute atomic E-state index is 0.0402. The fraction of sp³-hybridized carbons (Fsp3) is 0.292. The average molecular weight is 387 g/mol. The summed E-state index contributed by atoms with van der Waals surface area (Å²) in [5.74, 6) is 0.823. The second-order valence-corrected chi connectivity index (χ2v) is 7.44. The van der Waals surface area contributed by atoms with E-state index in [-0.39, 0.29) is 11.7 Å². The zero-order valence-corrected chi connectivity index (χ0v) is 16.6. The molecule has 0 saturated carbocycles. The highest BCUT2D eigenvalue weighted by Crippen LogP contribution is 2.34. The lowest BCUT2D eigenvalue weighted by molar-refractivity contribution is -0.116. The van der Waals surface area contributed by atoms with Gasteiger partial charge in [-0.15, -0.1) is 0 Å². The Morgan fingerprint density at radius 3 is 2.69 bits per heavy atom. The van der Waals surface area contributed by atoms with Crippen LogP contribution in [0.15, 0.2) is 48.5 Å². The molecule has 0 bridgehead atoms. The summed E-state index contributed by atoms with van der Waals surface area (Å²) >= 11 is 0. The molecule has 29 heavy (non-hydrogen) atoms. The van der Waals surface area contributed by atoms with Gasteiger partial charge >= 0.3 is 0 Å². The molecule has 0 aliphatic heterocycles. The molecule has 2 aromatic carbocycles. The summed E-state index contributed by atoms with van der Waals surface area (Å²) in [5.41, 5.74) is 5.86. The fourth-order valence-electron chi connectivity index (χ4n) is 3.77. The number of fused-ring (bicyclic) bond motifs is 3. The lowest BCUT2D eigenvalue weighted by Gasteiger charge is -2.21. The summed E-state index contributed by atoms with van der Waals surface area (Å²) in [7, 11) is 0. The highest BCUT2D eigenvalue weighted by molar-refractivity contribution is 5.90. The van der Waals surface area contributed by atoms with E-state index in [1.807, 2.05) is 36.4 Å². The molecule has 5 nitrogen and oxygen atoms in total. The third kappa shape index (κ3) is 4.29. The molecular weight excluding hydrogens is 362 g/mol. The molecule has 0 saturated heterocycles. The van der Waals surface area contributed by atoms with Gasteiger partial charge in [-0.05, 0) is 55.0 Å². The van der Waals surface area contributed by atoms with Gasteiger partial charge in [-0.25, -0.2) is 9.97 Å². The lowest BCUT2D eigenvalue weighted by Crippen LogP contribution is -2.18. The SMILES string of the molecule is CCCc1nc2c(nc1NC(=O)CCc1ccccc1)CCc1cc(O)ccc1-2. The Balaban J connectivity index is 1.57. The Bertz CT molecular complexity index is 1030. The van der Waals surface area contributed by atoms with Crippen LogP contribution in [-0.2, 0) is 30.5 Å². The molecule has 0 spiro atoms. The number of hydrogen-bond acceptors (Lipinski definition) is 4. The van der Waals surface area contributed by atoms with Gasteiger partial charge in [0.15, 0.2) is 5.82 Å². The number of benzene rings is 2. The number of aryl methyl sites for hydroxylation is 4. The number of phenolic OH excluding ortho intramolecular Hbond substituents is 1. The maximum absolute atomic E-state index is 12.5. The smallest absolute Gasteiger partial charge is 0.225 e. The van der Waals surface area contributed by atoms with Crippen molar-refractivity contribution in [3.05, 3.63) is 71.0 Å². The van der Waals surface area contributed by atoms with Crippen molar-refractivity contribution < 1.29 is 9.90 Å². The number of aromatic nitrogens is 2. The fourth-order valence-corrected chi connectivity index (χ4v) is 3.77. The quantitative estimate of drug-likeness (QED) is 0.654. The Hall–Kier alpha value is -3.21. The van der Waals surface area contributed by atoms with Crippen LogP contribution in [-0.4, -0.2) is 21.0 Å². The molecule has 1 amide bonds. The number of carbonyl (C=O) groups excluding carboxylic acids is 1. The van der Waals surface area contributed by atoms with E-state index in [2.05, 4.69) is 12.2 Å². The Morgan fingerprint density at radius 2 is 1.90 bits per heavy atom. The topological polar surface area (TPSA) is 75.1 Å². The number of aromatic hydroxyl groups is 1. The molecular formula is C24H25N3O2. The summed E-state index contributed by atoms with van der Waals surface area (Å²) in [6.45, 7) is 2.09. The van der Waals surface area contributed by atoms with E-state index in [4.69, 9.17) is 9.97 Å². The largest absolute Gasteiger partial charge is 0.508 e. The third-order valence-electron chi connectivity index (χ3n) is 5.24. The summed E-state index contributed by atoms with van der Waals surface area (Å²) < 4.78 is 0. The van der Waals surface area contributed by atoms with E-state index < -0.39 is 0 Å². The first-order chi connectivity index (χ1) is 14.1. The van der Waals surface area contributed by atoms with Crippen LogP contribution >= 0.6 is 0 Å². The van der Waals surface area contributed by atoms with Gasteiger partial charge in [-0.1, -0.05) is 43.7 Å². The van der Waals surface area contributed by atoms with Crippen LogP contribution in [0, 0.1) is 0 Å². The molecule has 3 aromatic rings. The molecule has 0 unspecified atom stereocenters. The van der Waals surface area contributed by atoms with E-state index in [9.17, 15) is 9.90 Å². The Kier molecular flexibility index (Phi) is 5.56. The average Bonchev–Trinajstić information content (AvgIpc) is 2.73. The zero-order chi connectivity index (χ0) is 20.2. The van der Waals surface area contributed by atoms with Crippen molar-refractivity contribution in [2.75, 3.05) is 5.32 Å². The lowest BCUT2D eigenvalue weighted by atomic mass is 9.91. The van der Waals surface area contributed by atoms with E-state index in [1.54, 1.807) is 12.1 Å². The minimum atomic E-state index is -0.0402. The molecule has 148 valence electrons. The van der Waals surface area contributed by atoms with Crippen molar-refractivity contribution in [2.45, 2.75) is 45.4 Å². The van der Waals surface area contributed by atoms with Gasteiger partial charge in [0.05, 0.1) is 17.1 Å². The van der Waals surface area contributed by atoms with Gasteiger partial charge < -0.3 is 10.4 Å². The van der Waals surface area contributed by atoms with Gasteiger partial charge in [-0.3, -0.25) is 4.79 Å². The number of nitrogens with zero attached hydrogens (tertiary/aromatic N) is 2. The van der Waals surface area contributed by atoms with Crippen LogP contribution in [0.2, 0.25) is 0 Å². The van der Waals surface area contributed by atoms with Gasteiger partial charge in [0, 0.05) is 12.0 Å². The van der Waals surface area contributed by atoms with E-state index in [0.717, 1.165) is 59.5 Å². The minimum Gasteiger partial charge on any atom is -0.508 e. The molecule has 0 atom stereocenters. The monoisotopic (exact) mass is 387 g/mol. The summed E-state index contributed by atoms with van der Waals surface area (Å²) in [4.78, 5) is 22.2. The number of carbonyl (C=O) groups is 1. The maximum atomic E-state index is 12.5. The molecule has 1 heterocycles. The molecule has 0 radical (unpaired) electrons. The van der Waals surface area contributed by atoms with Gasteiger partial charge in [0.25, 0.3) is 0 Å². The number of rotatable bonds is 6. The van der Waals surface area contributed by atoms with Crippen molar-refractivity contribution >= 4 is 11.7 Å². The highest BCUT2D eigenvalue weighted by Gasteiger charge is 2.22. The van der Waals surface area contributed by atoms with Crippen LogP contribution in [0.5, 0.6) is 5.75 Å². The third-order valence-corrected chi connectivity index (χ3v) is 5.24. The van der Waals surface area contributed by atoms with Gasteiger partial charge in [0.2, 0.25) is 5.91 Å². The standard InChI is InChI=1S/C24H25N3O2/c1-2-6-21-24(27-22(29)14-9-16-7-4-3-5-8-16)26-20-13-10-17-15-18(28)11-12-19(17)23(20)25-21/h3-5,7-8,11-12,15,28H,2,6,9-10,13-14H2,1H3,(H,26,27,29). The van der Waals surface area contributed by atoms with Crippen LogP contribution in [0.25, 0.3) is 11.3 Å². The molecule has 0 fully saturated rings. The second-order valence-electron chi connectivity index (χ2n) is 7.44. The van der Waals surface area contributed by atoms with Crippen molar-refractivity contribution in [1.29, 1.82) is 0 Å². The summed E-state index contributed by atoms with van der Waals surface area (Å²) in [5, 5.41) is 12.8. The first-order valence-electron chi connectivity index (χ1n) is 10.2. The van der Waals surface area contributed by atoms with Crippen LogP contribution in [0.3, 0.4) is 0 Å². The molecule has 1 aliphatic carbocycles. The van der Waals surface area contributed by atoms with Crippen molar-refractivity contribution in [2.24, 2.45) is 0 Å². The van der Waals surface area contributed by atoms with Crippen LogP contribution < -0.4 is 5.32 Å². The number of anilines is 1. The maximum Gasteiger partial charge on any atom is 0.225 e. The molecule has 5 heteroatoms. The van der Waals surface area contributed by atoms with E-state index in [1.165, 1.54) is 0 Å². The van der Waals surface area contributed by atoms with Crippen molar-refractivity contribution in [1.82, 2.24) is 9.97 Å². The van der Waals surface area contributed by atoms with Crippen LogP contribution in [0.1, 0.15) is 42.3 Å². The molecule has 1 aromatic heterocycles. The van der Waals surface area contributed by atoms with Crippen molar-refractivity contribution in [3.63, 3.8) is 0 Å². The normalized spacial score (nSPS) is 12.2. The molecule has 2 N–H and O–H groups in total. The molecule has 1 aliphatic rings.